The highest BCUT2D eigenvalue weighted by atomic mass is 14.7. The zero-order valence-electron chi connectivity index (χ0n) is 6.80. The van der Waals surface area contributed by atoms with Gasteiger partial charge in [-0.05, 0) is 18.8 Å². The van der Waals surface area contributed by atoms with Crippen LogP contribution >= 0.6 is 0 Å². The highest BCUT2D eigenvalue weighted by molar-refractivity contribution is 5.87. The standard InChI is InChI=1S/C9H15N/c1-8(2)5-6-9-4-3-7-10-9/h3,7-8H,4-6H2,1-2H3. The number of aliphatic imine (C=N–C) groups is 1. The minimum atomic E-state index is 0.809. The first-order valence-electron chi connectivity index (χ1n) is 3.99. The molecule has 0 atom stereocenters. The maximum atomic E-state index is 4.24. The fraction of sp³-hybridized carbons (Fsp3) is 0.667. The average Bonchev–Trinajstić information content (AvgIpc) is 2.34. The summed E-state index contributed by atoms with van der Waals surface area (Å²) in [6.45, 7) is 4.51. The molecule has 0 aliphatic carbocycles. The Morgan fingerprint density at radius 2 is 2.40 bits per heavy atom. The summed E-state index contributed by atoms with van der Waals surface area (Å²) >= 11 is 0. The van der Waals surface area contributed by atoms with Gasteiger partial charge >= 0.3 is 0 Å². The molecule has 56 valence electrons. The molecule has 1 rings (SSSR count). The second-order valence-corrected chi connectivity index (χ2v) is 3.22. The van der Waals surface area contributed by atoms with Crippen molar-refractivity contribution in [2.24, 2.45) is 10.9 Å². The molecule has 1 aliphatic rings. The molecule has 0 N–H and O–H groups in total. The Labute approximate surface area is 62.9 Å². The van der Waals surface area contributed by atoms with Crippen LogP contribution in [0.4, 0.5) is 0 Å². The summed E-state index contributed by atoms with van der Waals surface area (Å²) in [4.78, 5) is 4.24. The van der Waals surface area contributed by atoms with Crippen LogP contribution in [0.3, 0.4) is 0 Å². The van der Waals surface area contributed by atoms with Gasteiger partial charge in [0.2, 0.25) is 0 Å². The lowest BCUT2D eigenvalue weighted by Crippen LogP contribution is -1.96. The van der Waals surface area contributed by atoms with Gasteiger partial charge in [0.05, 0.1) is 0 Å². The number of allylic oxidation sites excluding steroid dienone is 1. The van der Waals surface area contributed by atoms with E-state index >= 15 is 0 Å². The summed E-state index contributed by atoms with van der Waals surface area (Å²) in [5.74, 6) is 0.809. The normalized spacial score (nSPS) is 16.5. The van der Waals surface area contributed by atoms with Crippen molar-refractivity contribution in [3.05, 3.63) is 12.3 Å². The summed E-state index contributed by atoms with van der Waals surface area (Å²) in [6.07, 6.45) is 7.59. The average molecular weight is 137 g/mol. The summed E-state index contributed by atoms with van der Waals surface area (Å²) in [6, 6.07) is 0. The molecule has 0 saturated heterocycles. The molecule has 1 heterocycles. The summed E-state index contributed by atoms with van der Waals surface area (Å²) < 4.78 is 0. The van der Waals surface area contributed by atoms with Crippen LogP contribution < -0.4 is 0 Å². The fourth-order valence-electron chi connectivity index (χ4n) is 1.02. The molecular formula is C9H15N. The van der Waals surface area contributed by atoms with Crippen molar-refractivity contribution in [2.45, 2.75) is 33.1 Å². The molecule has 0 unspecified atom stereocenters. The Morgan fingerprint density at radius 1 is 1.60 bits per heavy atom. The van der Waals surface area contributed by atoms with Crippen LogP contribution in [0.1, 0.15) is 33.1 Å². The van der Waals surface area contributed by atoms with Crippen LogP contribution in [0.25, 0.3) is 0 Å². The largest absolute Gasteiger partial charge is 0.266 e. The van der Waals surface area contributed by atoms with Gasteiger partial charge in [-0.1, -0.05) is 19.9 Å². The highest BCUT2D eigenvalue weighted by Crippen LogP contribution is 2.10. The Balaban J connectivity index is 2.15. The maximum absolute atomic E-state index is 4.24. The van der Waals surface area contributed by atoms with Gasteiger partial charge in [0.1, 0.15) is 0 Å². The highest BCUT2D eigenvalue weighted by Gasteiger charge is 2.01. The maximum Gasteiger partial charge on any atom is 0.0231 e. The minimum Gasteiger partial charge on any atom is -0.266 e. The first-order valence-corrected chi connectivity index (χ1v) is 3.99. The van der Waals surface area contributed by atoms with Gasteiger partial charge in [0.25, 0.3) is 0 Å². The third kappa shape index (κ3) is 2.34. The molecule has 0 aromatic carbocycles. The van der Waals surface area contributed by atoms with Crippen molar-refractivity contribution in [1.82, 2.24) is 0 Å². The van der Waals surface area contributed by atoms with Crippen molar-refractivity contribution >= 4 is 5.71 Å². The van der Waals surface area contributed by atoms with E-state index < -0.39 is 0 Å². The number of hydrogen-bond acceptors (Lipinski definition) is 1. The smallest absolute Gasteiger partial charge is 0.0231 e. The van der Waals surface area contributed by atoms with Gasteiger partial charge < -0.3 is 0 Å². The van der Waals surface area contributed by atoms with Crippen LogP contribution in [-0.2, 0) is 0 Å². The first-order chi connectivity index (χ1) is 4.79. The zero-order chi connectivity index (χ0) is 7.40. The third-order valence-corrected chi connectivity index (χ3v) is 1.73. The lowest BCUT2D eigenvalue weighted by atomic mass is 10.0. The molecule has 1 aliphatic heterocycles. The van der Waals surface area contributed by atoms with Crippen LogP contribution in [-0.4, -0.2) is 5.71 Å². The van der Waals surface area contributed by atoms with E-state index in [1.54, 1.807) is 0 Å². The van der Waals surface area contributed by atoms with Gasteiger partial charge in [-0.15, -0.1) is 0 Å². The van der Waals surface area contributed by atoms with Crippen molar-refractivity contribution in [3.63, 3.8) is 0 Å². The van der Waals surface area contributed by atoms with E-state index in [-0.39, 0.29) is 0 Å². The molecule has 1 heteroatoms. The Hall–Kier alpha value is -0.590. The molecule has 1 nitrogen and oxygen atoms in total. The van der Waals surface area contributed by atoms with E-state index in [4.69, 9.17) is 0 Å². The second kappa shape index (κ2) is 3.55. The van der Waals surface area contributed by atoms with Crippen molar-refractivity contribution in [3.8, 4) is 0 Å². The van der Waals surface area contributed by atoms with Crippen molar-refractivity contribution in [1.29, 1.82) is 0 Å². The Morgan fingerprint density at radius 3 is 2.90 bits per heavy atom. The van der Waals surface area contributed by atoms with Crippen LogP contribution in [0, 0.1) is 5.92 Å². The summed E-state index contributed by atoms with van der Waals surface area (Å²) in [5, 5.41) is 0. The predicted molar refractivity (Wildman–Crippen MR) is 45.3 cm³/mol. The summed E-state index contributed by atoms with van der Waals surface area (Å²) in [5.41, 5.74) is 1.36. The van der Waals surface area contributed by atoms with E-state index in [2.05, 4.69) is 24.9 Å². The van der Waals surface area contributed by atoms with Gasteiger partial charge in [0, 0.05) is 18.3 Å². The number of nitrogens with zero attached hydrogens (tertiary/aromatic N) is 1. The van der Waals surface area contributed by atoms with Gasteiger partial charge in [-0.2, -0.15) is 0 Å². The monoisotopic (exact) mass is 137 g/mol. The van der Waals surface area contributed by atoms with Crippen LogP contribution in [0.15, 0.2) is 17.3 Å². The molecule has 0 amide bonds. The van der Waals surface area contributed by atoms with Gasteiger partial charge in [-0.3, -0.25) is 4.99 Å². The topological polar surface area (TPSA) is 12.4 Å². The van der Waals surface area contributed by atoms with E-state index in [9.17, 15) is 0 Å². The molecule has 0 aromatic heterocycles. The van der Waals surface area contributed by atoms with Crippen LogP contribution in [0.2, 0.25) is 0 Å². The fourth-order valence-corrected chi connectivity index (χ4v) is 1.02. The van der Waals surface area contributed by atoms with E-state index in [0.29, 0.717) is 0 Å². The van der Waals surface area contributed by atoms with Crippen molar-refractivity contribution in [2.75, 3.05) is 0 Å². The minimum absolute atomic E-state index is 0.809. The molecule has 10 heavy (non-hydrogen) atoms. The predicted octanol–water partition coefficient (Wildman–Crippen LogP) is 2.78. The van der Waals surface area contributed by atoms with Crippen LogP contribution in [0.5, 0.6) is 0 Å². The Kier molecular flexibility index (Phi) is 2.67. The lowest BCUT2D eigenvalue weighted by Gasteiger charge is -2.02. The number of rotatable bonds is 3. The zero-order valence-corrected chi connectivity index (χ0v) is 6.80. The molecule has 0 bridgehead atoms. The second-order valence-electron chi connectivity index (χ2n) is 3.22. The molecule has 0 radical (unpaired) electrons. The van der Waals surface area contributed by atoms with E-state index in [1.807, 2.05) is 6.20 Å². The summed E-state index contributed by atoms with van der Waals surface area (Å²) in [7, 11) is 0. The molecule has 0 fully saturated rings. The van der Waals surface area contributed by atoms with Gasteiger partial charge in [-0.25, -0.2) is 0 Å². The van der Waals surface area contributed by atoms with Crippen molar-refractivity contribution < 1.29 is 0 Å². The molecule has 0 spiro atoms. The first kappa shape index (κ1) is 7.52. The Bertz CT molecular complexity index is 154. The molecular weight excluding hydrogens is 122 g/mol. The molecule has 0 saturated carbocycles. The lowest BCUT2D eigenvalue weighted by molar-refractivity contribution is 0.602. The number of hydrogen-bond donors (Lipinski definition) is 0. The van der Waals surface area contributed by atoms with E-state index in [1.165, 1.54) is 18.6 Å². The molecule has 0 aromatic rings. The van der Waals surface area contributed by atoms with E-state index in [0.717, 1.165) is 12.3 Å². The third-order valence-electron chi connectivity index (χ3n) is 1.73. The SMILES string of the molecule is CC(C)CCC1=NC=CC1. The quantitative estimate of drug-likeness (QED) is 0.567. The van der Waals surface area contributed by atoms with Gasteiger partial charge in [0.15, 0.2) is 0 Å².